The predicted octanol–water partition coefficient (Wildman–Crippen LogP) is -1.88. The SMILES string of the molecule is OB(O)[Si]. The van der Waals surface area contributed by atoms with Crippen LogP contribution in [0, 0.1) is 0 Å². The molecular weight excluding hydrogens is 70.9 g/mol. The topological polar surface area (TPSA) is 40.5 Å². The van der Waals surface area contributed by atoms with Crippen molar-refractivity contribution in [1.82, 2.24) is 0 Å². The van der Waals surface area contributed by atoms with Gasteiger partial charge in [0.2, 0.25) is 0 Å². The zero-order valence-electron chi connectivity index (χ0n) is 1.97. The van der Waals surface area contributed by atoms with Crippen LogP contribution in [-0.2, 0) is 0 Å². The van der Waals surface area contributed by atoms with Crippen LogP contribution in [0.2, 0.25) is 0 Å². The highest BCUT2D eigenvalue weighted by Gasteiger charge is 1.85. The first-order valence-electron chi connectivity index (χ1n) is 0.805. The van der Waals surface area contributed by atoms with Crippen molar-refractivity contribution in [3.63, 3.8) is 0 Å². The third-order valence-corrected chi connectivity index (χ3v) is 0. The largest absolute Gasteiger partial charge is 0.431 e. The summed E-state index contributed by atoms with van der Waals surface area (Å²) >= 11 is 0. The van der Waals surface area contributed by atoms with Crippen molar-refractivity contribution in [2.24, 2.45) is 0 Å². The minimum atomic E-state index is -1.36. The summed E-state index contributed by atoms with van der Waals surface area (Å²) in [7, 11) is 2.42. The smallest absolute Gasteiger partial charge is 0.416 e. The van der Waals surface area contributed by atoms with E-state index in [-0.39, 0.29) is 0 Å². The third kappa shape index (κ3) is 78.1. The lowest BCUT2D eigenvalue weighted by molar-refractivity contribution is 0.435. The molecule has 0 unspecified atom stereocenters. The van der Waals surface area contributed by atoms with Gasteiger partial charge in [-0.1, -0.05) is 0 Å². The minimum absolute atomic E-state index is 1.36. The van der Waals surface area contributed by atoms with Crippen molar-refractivity contribution in [3.05, 3.63) is 0 Å². The Morgan fingerprint density at radius 2 is 1.50 bits per heavy atom. The van der Waals surface area contributed by atoms with Gasteiger partial charge in [0.25, 0.3) is 0 Å². The third-order valence-electron chi connectivity index (χ3n) is 0. The van der Waals surface area contributed by atoms with E-state index in [1.165, 1.54) is 0 Å². The van der Waals surface area contributed by atoms with Crippen LogP contribution in [0.15, 0.2) is 0 Å². The van der Waals surface area contributed by atoms with Gasteiger partial charge in [-0.15, -0.1) is 0 Å². The molecule has 2 nitrogen and oxygen atoms in total. The van der Waals surface area contributed by atoms with Gasteiger partial charge in [-0.3, -0.25) is 0 Å². The van der Waals surface area contributed by atoms with E-state index in [2.05, 4.69) is 10.1 Å². The summed E-state index contributed by atoms with van der Waals surface area (Å²) < 4.78 is 0. The second-order valence-corrected chi connectivity index (χ2v) is 0.890. The molecule has 0 spiro atoms. The molecule has 0 rings (SSSR count). The Labute approximate surface area is 28.0 Å². The number of hydrogen-bond acceptors (Lipinski definition) is 2. The van der Waals surface area contributed by atoms with E-state index in [4.69, 9.17) is 10.0 Å². The fraction of sp³-hybridized carbons (Fsp3) is 0. The molecule has 0 aromatic rings. The van der Waals surface area contributed by atoms with Crippen LogP contribution in [-0.4, -0.2) is 26.9 Å². The van der Waals surface area contributed by atoms with E-state index < -0.39 is 6.71 Å². The van der Waals surface area contributed by atoms with Gasteiger partial charge < -0.3 is 10.0 Å². The number of rotatable bonds is 0. The molecule has 0 aromatic carbocycles. The molecule has 0 fully saturated rings. The summed E-state index contributed by atoms with van der Waals surface area (Å²) in [5.74, 6) is 0. The normalized spacial score (nSPS) is 6.75. The van der Waals surface area contributed by atoms with Crippen molar-refractivity contribution in [1.29, 1.82) is 0 Å². The molecule has 21 valence electrons. The molecule has 0 atom stereocenters. The van der Waals surface area contributed by atoms with Crippen LogP contribution in [0.1, 0.15) is 0 Å². The fourth-order valence-corrected chi connectivity index (χ4v) is 0. The van der Waals surface area contributed by atoms with Gasteiger partial charge in [-0.2, -0.15) is 0 Å². The Bertz CT molecular complexity index is 10.8. The molecule has 0 aliphatic heterocycles. The number of hydrogen-bond donors (Lipinski definition) is 2. The van der Waals surface area contributed by atoms with Crippen molar-refractivity contribution >= 4 is 16.8 Å². The van der Waals surface area contributed by atoms with E-state index in [0.717, 1.165) is 0 Å². The molecule has 0 aliphatic rings. The highest BCUT2D eigenvalue weighted by molar-refractivity contribution is 6.93. The van der Waals surface area contributed by atoms with Crippen molar-refractivity contribution in [2.75, 3.05) is 0 Å². The summed E-state index contributed by atoms with van der Waals surface area (Å²) in [6.07, 6.45) is 0. The van der Waals surface area contributed by atoms with Crippen molar-refractivity contribution in [3.8, 4) is 0 Å². The molecule has 4 heteroatoms. The maximum absolute atomic E-state index is 7.52. The second-order valence-electron chi connectivity index (χ2n) is 0.374. The molecule has 0 amide bonds. The molecule has 0 heterocycles. The van der Waals surface area contributed by atoms with Gasteiger partial charge in [0.1, 0.15) is 0 Å². The standard InChI is InChI=1S/BH2O2Si/c2-1(3)4/h2-3H. The monoisotopic (exact) mass is 73.0 g/mol. The average molecular weight is 72.9 g/mol. The molecular formula is H2BO2Si. The lowest BCUT2D eigenvalue weighted by atomic mass is 10.4. The van der Waals surface area contributed by atoms with Gasteiger partial charge in [0.05, 0.1) is 10.1 Å². The summed E-state index contributed by atoms with van der Waals surface area (Å²) in [5.41, 5.74) is 0. The van der Waals surface area contributed by atoms with Gasteiger partial charge in [0.15, 0.2) is 0 Å². The molecule has 2 N–H and O–H groups in total. The van der Waals surface area contributed by atoms with Crippen molar-refractivity contribution < 1.29 is 10.0 Å². The van der Waals surface area contributed by atoms with Crippen LogP contribution in [0.3, 0.4) is 0 Å². The zero-order chi connectivity index (χ0) is 3.58. The first kappa shape index (κ1) is 4.20. The van der Waals surface area contributed by atoms with E-state index in [1.54, 1.807) is 0 Å². The van der Waals surface area contributed by atoms with Crippen molar-refractivity contribution in [2.45, 2.75) is 0 Å². The van der Waals surface area contributed by atoms with Gasteiger partial charge in [-0.05, 0) is 0 Å². The Balaban J connectivity index is 2.32. The van der Waals surface area contributed by atoms with Crippen LogP contribution in [0.5, 0.6) is 0 Å². The lowest BCUT2D eigenvalue weighted by Crippen LogP contribution is -2.08. The zero-order valence-corrected chi connectivity index (χ0v) is 2.97. The summed E-state index contributed by atoms with van der Waals surface area (Å²) in [6.45, 7) is -1.36. The van der Waals surface area contributed by atoms with Crippen LogP contribution >= 0.6 is 0 Å². The molecule has 0 saturated heterocycles. The van der Waals surface area contributed by atoms with Gasteiger partial charge in [-0.25, -0.2) is 0 Å². The van der Waals surface area contributed by atoms with E-state index in [9.17, 15) is 0 Å². The Kier molecular flexibility index (Phi) is 1.59. The van der Waals surface area contributed by atoms with Gasteiger partial charge >= 0.3 is 6.71 Å². The highest BCUT2D eigenvalue weighted by Crippen LogP contribution is 1.38. The van der Waals surface area contributed by atoms with Crippen LogP contribution in [0.4, 0.5) is 0 Å². The summed E-state index contributed by atoms with van der Waals surface area (Å²) in [6, 6.07) is 0. The molecule has 3 radical (unpaired) electrons. The quantitative estimate of drug-likeness (QED) is 0.329. The predicted molar refractivity (Wildman–Crippen MR) is 15.9 cm³/mol. The van der Waals surface area contributed by atoms with E-state index in [1.807, 2.05) is 0 Å². The maximum Gasteiger partial charge on any atom is 0.416 e. The fourth-order valence-electron chi connectivity index (χ4n) is 0. The van der Waals surface area contributed by atoms with Gasteiger partial charge in [0, 0.05) is 0 Å². The molecule has 0 aromatic heterocycles. The first-order chi connectivity index (χ1) is 1.73. The Morgan fingerprint density at radius 1 is 1.50 bits per heavy atom. The van der Waals surface area contributed by atoms with E-state index in [0.29, 0.717) is 0 Å². The lowest BCUT2D eigenvalue weighted by Gasteiger charge is -1.71. The highest BCUT2D eigenvalue weighted by atomic mass is 28.1. The molecule has 0 bridgehead atoms. The van der Waals surface area contributed by atoms with Crippen LogP contribution < -0.4 is 0 Å². The molecule has 4 heavy (non-hydrogen) atoms. The van der Waals surface area contributed by atoms with E-state index >= 15 is 0 Å². The Morgan fingerprint density at radius 3 is 1.50 bits per heavy atom. The second kappa shape index (κ2) is 1.51. The molecule has 0 saturated carbocycles. The molecule has 0 aliphatic carbocycles. The first-order valence-corrected chi connectivity index (χ1v) is 1.38. The minimum Gasteiger partial charge on any atom is -0.431 e. The average Bonchev–Trinajstić information content (AvgIpc) is 0.811. The summed E-state index contributed by atoms with van der Waals surface area (Å²) in [5, 5.41) is 15.0. The Hall–Kier alpha value is 0.202. The summed E-state index contributed by atoms with van der Waals surface area (Å²) in [4.78, 5) is 0. The van der Waals surface area contributed by atoms with Crippen LogP contribution in [0.25, 0.3) is 0 Å². The maximum atomic E-state index is 7.52.